The largest absolute Gasteiger partial charge is 0.441 e. The van der Waals surface area contributed by atoms with E-state index in [1.807, 2.05) is 0 Å². The molecule has 0 aliphatic heterocycles. The minimum absolute atomic E-state index is 0.275. The van der Waals surface area contributed by atoms with E-state index in [0.717, 1.165) is 0 Å². The van der Waals surface area contributed by atoms with Crippen LogP contribution in [0.3, 0.4) is 0 Å². The lowest BCUT2D eigenvalue weighted by atomic mass is 10.2. The van der Waals surface area contributed by atoms with Crippen LogP contribution >= 0.6 is 11.6 Å². The van der Waals surface area contributed by atoms with E-state index in [1.165, 1.54) is 6.07 Å². The molecule has 72 valence electrons. The molecule has 1 aromatic carbocycles. The van der Waals surface area contributed by atoms with Crippen molar-refractivity contribution in [3.63, 3.8) is 0 Å². The molecule has 0 fully saturated rings. The summed E-state index contributed by atoms with van der Waals surface area (Å²) in [5, 5.41) is 0.356. The van der Waals surface area contributed by atoms with Crippen molar-refractivity contribution in [1.29, 1.82) is 0 Å². The molecule has 2 rings (SSSR count). The van der Waals surface area contributed by atoms with Gasteiger partial charge in [0.15, 0.2) is 0 Å². The van der Waals surface area contributed by atoms with E-state index in [0.29, 0.717) is 16.3 Å². The molecule has 0 unspecified atom stereocenters. The van der Waals surface area contributed by atoms with Crippen LogP contribution in [0, 0.1) is 12.7 Å². The molecule has 0 bridgehead atoms. The lowest BCUT2D eigenvalue weighted by Gasteiger charge is -1.97. The second kappa shape index (κ2) is 3.42. The van der Waals surface area contributed by atoms with E-state index in [2.05, 4.69) is 4.98 Å². The van der Waals surface area contributed by atoms with Crippen LogP contribution in [0.1, 0.15) is 5.76 Å². The van der Waals surface area contributed by atoms with Crippen LogP contribution in [0.15, 0.2) is 28.8 Å². The van der Waals surface area contributed by atoms with Gasteiger partial charge in [0, 0.05) is 5.02 Å². The Morgan fingerprint density at radius 2 is 2.21 bits per heavy atom. The molecule has 1 aromatic heterocycles. The molecule has 0 spiro atoms. The third-order valence-corrected chi connectivity index (χ3v) is 2.02. The second-order valence-corrected chi connectivity index (χ2v) is 3.34. The van der Waals surface area contributed by atoms with Gasteiger partial charge in [-0.05, 0) is 25.1 Å². The molecule has 0 radical (unpaired) electrons. The van der Waals surface area contributed by atoms with Crippen LogP contribution < -0.4 is 0 Å². The maximum Gasteiger partial charge on any atom is 0.229 e. The first-order chi connectivity index (χ1) is 6.66. The number of rotatable bonds is 1. The minimum atomic E-state index is -0.431. The number of benzene rings is 1. The molecule has 0 amide bonds. The van der Waals surface area contributed by atoms with Crippen molar-refractivity contribution in [3.8, 4) is 11.5 Å². The summed E-state index contributed by atoms with van der Waals surface area (Å²) in [7, 11) is 0. The summed E-state index contributed by atoms with van der Waals surface area (Å²) in [6.07, 6.45) is 1.55. The molecule has 0 aliphatic carbocycles. The first kappa shape index (κ1) is 9.21. The molecule has 4 heteroatoms. The van der Waals surface area contributed by atoms with Crippen molar-refractivity contribution in [2.45, 2.75) is 6.92 Å². The number of nitrogens with zero attached hydrogens (tertiary/aromatic N) is 1. The van der Waals surface area contributed by atoms with Crippen molar-refractivity contribution < 1.29 is 8.81 Å². The number of aromatic nitrogens is 1. The van der Waals surface area contributed by atoms with Crippen LogP contribution in [0.4, 0.5) is 4.39 Å². The van der Waals surface area contributed by atoms with E-state index in [9.17, 15) is 4.39 Å². The smallest absolute Gasteiger partial charge is 0.229 e. The summed E-state index contributed by atoms with van der Waals surface area (Å²) in [6.45, 7) is 1.75. The molecule has 0 atom stereocenters. The molecule has 1 heterocycles. The monoisotopic (exact) mass is 211 g/mol. The average Bonchev–Trinajstić information content (AvgIpc) is 2.51. The van der Waals surface area contributed by atoms with Crippen molar-refractivity contribution >= 4 is 11.6 Å². The first-order valence-electron chi connectivity index (χ1n) is 4.04. The zero-order valence-electron chi connectivity index (χ0n) is 7.42. The van der Waals surface area contributed by atoms with Crippen LogP contribution in [0.5, 0.6) is 0 Å². The molecule has 0 saturated heterocycles. The Hall–Kier alpha value is -1.35. The van der Waals surface area contributed by atoms with Crippen molar-refractivity contribution in [1.82, 2.24) is 4.98 Å². The third-order valence-electron chi connectivity index (χ3n) is 1.78. The van der Waals surface area contributed by atoms with E-state index in [-0.39, 0.29) is 5.89 Å². The summed E-state index contributed by atoms with van der Waals surface area (Å²) in [4.78, 5) is 3.93. The molecule has 0 aliphatic rings. The Kier molecular flexibility index (Phi) is 2.25. The van der Waals surface area contributed by atoms with E-state index in [4.69, 9.17) is 16.0 Å². The topological polar surface area (TPSA) is 26.0 Å². The van der Waals surface area contributed by atoms with Crippen molar-refractivity contribution in [3.05, 3.63) is 41.0 Å². The zero-order chi connectivity index (χ0) is 10.1. The zero-order valence-corrected chi connectivity index (χ0v) is 8.18. The Bertz CT molecular complexity index is 467. The van der Waals surface area contributed by atoms with Gasteiger partial charge in [0.2, 0.25) is 5.89 Å². The third kappa shape index (κ3) is 1.63. The van der Waals surface area contributed by atoms with Gasteiger partial charge < -0.3 is 4.42 Å². The summed E-state index contributed by atoms with van der Waals surface area (Å²) >= 11 is 5.62. The van der Waals surface area contributed by atoms with Gasteiger partial charge in [-0.1, -0.05) is 11.6 Å². The molecule has 2 aromatic rings. The van der Waals surface area contributed by atoms with E-state index in [1.54, 1.807) is 25.3 Å². The highest BCUT2D eigenvalue weighted by molar-refractivity contribution is 6.30. The molecule has 0 saturated carbocycles. The van der Waals surface area contributed by atoms with Gasteiger partial charge in [-0.2, -0.15) is 0 Å². The molecule has 0 N–H and O–H groups in total. The second-order valence-electron chi connectivity index (χ2n) is 2.90. The summed E-state index contributed by atoms with van der Waals surface area (Å²) in [5.74, 6) is 0.491. The first-order valence-corrected chi connectivity index (χ1v) is 4.42. The van der Waals surface area contributed by atoms with Gasteiger partial charge in [-0.15, -0.1) is 0 Å². The van der Waals surface area contributed by atoms with Gasteiger partial charge in [0.1, 0.15) is 11.6 Å². The normalized spacial score (nSPS) is 10.5. The fourth-order valence-corrected chi connectivity index (χ4v) is 1.30. The van der Waals surface area contributed by atoms with Crippen LogP contribution in [-0.2, 0) is 0 Å². The summed E-state index contributed by atoms with van der Waals surface area (Å²) < 4.78 is 18.6. The van der Waals surface area contributed by atoms with Crippen molar-refractivity contribution in [2.24, 2.45) is 0 Å². The lowest BCUT2D eigenvalue weighted by Crippen LogP contribution is -1.83. The molecular formula is C10H7ClFNO. The predicted octanol–water partition coefficient (Wildman–Crippen LogP) is 3.44. The maximum absolute atomic E-state index is 13.4. The van der Waals surface area contributed by atoms with Gasteiger partial charge in [-0.25, -0.2) is 9.37 Å². The number of aryl methyl sites for hydroxylation is 1. The highest BCUT2D eigenvalue weighted by atomic mass is 35.5. The number of halogens is 2. The maximum atomic E-state index is 13.4. The fraction of sp³-hybridized carbons (Fsp3) is 0.100. The summed E-state index contributed by atoms with van der Waals surface area (Å²) in [5.41, 5.74) is 0.322. The van der Waals surface area contributed by atoms with Gasteiger partial charge >= 0.3 is 0 Å². The average molecular weight is 212 g/mol. The van der Waals surface area contributed by atoms with E-state index >= 15 is 0 Å². The number of hydrogen-bond donors (Lipinski definition) is 0. The Labute approximate surface area is 85.3 Å². The van der Waals surface area contributed by atoms with E-state index < -0.39 is 5.82 Å². The fourth-order valence-electron chi connectivity index (χ4n) is 1.14. The lowest BCUT2D eigenvalue weighted by molar-refractivity contribution is 0.535. The standard InChI is InChI=1S/C10H7ClFNO/c1-6-5-13-10(14-6)8-3-2-7(11)4-9(8)12/h2-5H,1H3. The van der Waals surface area contributed by atoms with Crippen molar-refractivity contribution in [2.75, 3.05) is 0 Å². The predicted molar refractivity (Wildman–Crippen MR) is 51.6 cm³/mol. The minimum Gasteiger partial charge on any atom is -0.441 e. The Morgan fingerprint density at radius 1 is 1.43 bits per heavy atom. The highest BCUT2D eigenvalue weighted by Crippen LogP contribution is 2.24. The summed E-state index contributed by atoms with van der Waals surface area (Å²) in [6, 6.07) is 4.37. The SMILES string of the molecule is Cc1cnc(-c2ccc(Cl)cc2F)o1. The van der Waals surface area contributed by atoms with Crippen LogP contribution in [0.25, 0.3) is 11.5 Å². The number of hydrogen-bond acceptors (Lipinski definition) is 2. The Balaban J connectivity index is 2.52. The highest BCUT2D eigenvalue weighted by Gasteiger charge is 2.10. The Morgan fingerprint density at radius 3 is 2.79 bits per heavy atom. The molecule has 2 nitrogen and oxygen atoms in total. The van der Waals surface area contributed by atoms with Gasteiger partial charge in [-0.3, -0.25) is 0 Å². The van der Waals surface area contributed by atoms with Crippen LogP contribution in [-0.4, -0.2) is 4.98 Å². The van der Waals surface area contributed by atoms with Gasteiger partial charge in [0.05, 0.1) is 11.8 Å². The quantitative estimate of drug-likeness (QED) is 0.722. The number of oxazole rings is 1. The molecular weight excluding hydrogens is 205 g/mol. The molecule has 14 heavy (non-hydrogen) atoms. The van der Waals surface area contributed by atoms with Gasteiger partial charge in [0.25, 0.3) is 0 Å². The van der Waals surface area contributed by atoms with Crippen LogP contribution in [0.2, 0.25) is 5.02 Å².